The lowest BCUT2D eigenvalue weighted by atomic mass is 9.95. The summed E-state index contributed by atoms with van der Waals surface area (Å²) in [5.41, 5.74) is 0.946. The van der Waals surface area contributed by atoms with Gasteiger partial charge in [-0.05, 0) is 43.5 Å². The Morgan fingerprint density at radius 2 is 1.79 bits per heavy atom. The number of hydrogen-bond donors (Lipinski definition) is 4. The van der Waals surface area contributed by atoms with E-state index < -0.39 is 23.5 Å². The zero-order valence-electron chi connectivity index (χ0n) is 21.6. The number of ether oxygens (including phenoxy) is 1. The van der Waals surface area contributed by atoms with Crippen LogP contribution in [0.2, 0.25) is 5.02 Å². The highest BCUT2D eigenvalue weighted by Gasteiger charge is 2.41. The van der Waals surface area contributed by atoms with E-state index in [2.05, 4.69) is 21.3 Å². The number of rotatable bonds is 2. The molecule has 2 aliphatic rings. The van der Waals surface area contributed by atoms with Crippen LogP contribution in [0.1, 0.15) is 43.7 Å². The zero-order chi connectivity index (χ0) is 27.0. The highest BCUT2D eigenvalue weighted by Crippen LogP contribution is 2.30. The van der Waals surface area contributed by atoms with E-state index >= 15 is 0 Å². The van der Waals surface area contributed by atoms with Gasteiger partial charge in [0.2, 0.25) is 17.7 Å². The molecule has 0 saturated heterocycles. The summed E-state index contributed by atoms with van der Waals surface area (Å²) in [4.78, 5) is 39.6. The number of fused-ring (bicyclic) bond motifs is 1. The van der Waals surface area contributed by atoms with E-state index in [1.807, 2.05) is 42.5 Å². The second-order valence-corrected chi connectivity index (χ2v) is 10.3. The topological polar surface area (TPSA) is 109 Å². The number of carbonyl (C=O) groups excluding carboxylic acids is 3. The van der Waals surface area contributed by atoms with Gasteiger partial charge in [-0.15, -0.1) is 0 Å². The van der Waals surface area contributed by atoms with Gasteiger partial charge in [-0.2, -0.15) is 0 Å². The fourth-order valence-electron chi connectivity index (χ4n) is 4.94. The summed E-state index contributed by atoms with van der Waals surface area (Å²) < 4.78 is 6.02. The van der Waals surface area contributed by atoms with Gasteiger partial charge < -0.3 is 20.7 Å². The molecule has 1 aliphatic carbocycles. The molecule has 0 radical (unpaired) electrons. The number of hydrogen-bond acceptors (Lipinski definition) is 5. The zero-order valence-corrected chi connectivity index (χ0v) is 22.4. The molecule has 1 spiro atoms. The molecule has 0 bridgehead atoms. The maximum Gasteiger partial charge on any atom is 0.243 e. The van der Waals surface area contributed by atoms with Crippen LogP contribution in [0.3, 0.4) is 0 Å². The van der Waals surface area contributed by atoms with Gasteiger partial charge >= 0.3 is 0 Å². The second kappa shape index (κ2) is 12.9. The van der Waals surface area contributed by atoms with E-state index in [0.29, 0.717) is 31.0 Å². The molecule has 9 heteroatoms. The van der Waals surface area contributed by atoms with Crippen LogP contribution in [-0.2, 0) is 20.8 Å². The number of benzene rings is 2. The van der Waals surface area contributed by atoms with E-state index in [0.717, 1.165) is 29.7 Å². The average molecular weight is 539 g/mol. The molecule has 1 aliphatic heterocycles. The van der Waals surface area contributed by atoms with Gasteiger partial charge in [0.1, 0.15) is 24.4 Å². The van der Waals surface area contributed by atoms with Crippen molar-refractivity contribution in [3.8, 4) is 5.75 Å². The maximum atomic E-state index is 13.4. The van der Waals surface area contributed by atoms with Crippen LogP contribution >= 0.6 is 11.6 Å². The third-order valence-electron chi connectivity index (χ3n) is 7.03. The van der Waals surface area contributed by atoms with Crippen molar-refractivity contribution in [1.29, 1.82) is 0 Å². The lowest BCUT2D eigenvalue weighted by Crippen LogP contribution is -2.60. The molecule has 0 unspecified atom stereocenters. The molecule has 8 nitrogen and oxygen atoms in total. The number of para-hydroxylation sites is 1. The minimum absolute atomic E-state index is 0.210. The van der Waals surface area contributed by atoms with Crippen molar-refractivity contribution in [1.82, 2.24) is 21.3 Å². The van der Waals surface area contributed by atoms with Gasteiger partial charge in [-0.1, -0.05) is 66.9 Å². The normalized spacial score (nSPS) is 22.8. The van der Waals surface area contributed by atoms with Crippen LogP contribution in [0.4, 0.5) is 0 Å². The summed E-state index contributed by atoms with van der Waals surface area (Å²) in [5.74, 6) is -0.246. The lowest BCUT2D eigenvalue weighted by molar-refractivity contribution is -0.134. The summed E-state index contributed by atoms with van der Waals surface area (Å²) in [6, 6.07) is 13.2. The van der Waals surface area contributed by atoms with Crippen LogP contribution in [-0.4, -0.2) is 55.0 Å². The Labute approximate surface area is 228 Å². The molecule has 0 aromatic heterocycles. The minimum atomic E-state index is -0.846. The van der Waals surface area contributed by atoms with Gasteiger partial charge in [0, 0.05) is 30.1 Å². The van der Waals surface area contributed by atoms with E-state index in [4.69, 9.17) is 16.3 Å². The van der Waals surface area contributed by atoms with E-state index in [-0.39, 0.29) is 24.8 Å². The largest absolute Gasteiger partial charge is 0.492 e. The molecule has 202 valence electrons. The number of nitrogens with one attached hydrogen (secondary N) is 4. The van der Waals surface area contributed by atoms with Crippen LogP contribution < -0.4 is 26.0 Å². The highest BCUT2D eigenvalue weighted by atomic mass is 35.5. The average Bonchev–Trinajstić information content (AvgIpc) is 3.39. The Balaban J connectivity index is 1.58. The molecule has 1 saturated carbocycles. The van der Waals surface area contributed by atoms with Gasteiger partial charge in [0.15, 0.2) is 0 Å². The van der Waals surface area contributed by atoms with E-state index in [1.165, 1.54) is 0 Å². The molecule has 2 aromatic rings. The second-order valence-electron chi connectivity index (χ2n) is 9.84. The molecular weight excluding hydrogens is 504 g/mol. The Kier molecular flexibility index (Phi) is 9.42. The molecule has 2 aromatic carbocycles. The van der Waals surface area contributed by atoms with Crippen molar-refractivity contribution < 1.29 is 19.1 Å². The summed E-state index contributed by atoms with van der Waals surface area (Å²) in [6.07, 6.45) is 7.22. The van der Waals surface area contributed by atoms with Gasteiger partial charge in [-0.3, -0.25) is 19.7 Å². The Bertz CT molecular complexity index is 1180. The number of amides is 3. The van der Waals surface area contributed by atoms with Crippen LogP contribution in [0, 0.1) is 0 Å². The van der Waals surface area contributed by atoms with Crippen LogP contribution in [0.15, 0.2) is 54.6 Å². The van der Waals surface area contributed by atoms with Crippen molar-refractivity contribution in [3.63, 3.8) is 0 Å². The van der Waals surface area contributed by atoms with E-state index in [1.54, 1.807) is 25.1 Å². The molecule has 3 amide bonds. The molecule has 2 atom stereocenters. The standard InChI is InChI=1S/C29H35ClN4O4/c1-20-26(35)34-24(19-21-8-6-11-23(30)18-21)27(36)31-15-7-10-22-9-2-3-12-25(22)38-17-16-32-29(28(37)33-20)13-4-5-14-29/h2-3,6-12,18,20,24,32H,4-5,13-17,19H2,1H3,(H,31,36)(H,33,37)(H,34,35)/t20-,24-/m0/s1. The third-order valence-corrected chi connectivity index (χ3v) is 7.26. The smallest absolute Gasteiger partial charge is 0.243 e. The first-order valence-electron chi connectivity index (χ1n) is 13.1. The summed E-state index contributed by atoms with van der Waals surface area (Å²) >= 11 is 6.14. The Morgan fingerprint density at radius 3 is 2.58 bits per heavy atom. The third kappa shape index (κ3) is 7.14. The van der Waals surface area contributed by atoms with Crippen LogP contribution in [0.25, 0.3) is 6.08 Å². The van der Waals surface area contributed by atoms with Gasteiger partial charge in [-0.25, -0.2) is 0 Å². The number of carbonyl (C=O) groups is 3. The van der Waals surface area contributed by atoms with Crippen LogP contribution in [0.5, 0.6) is 5.75 Å². The lowest BCUT2D eigenvalue weighted by Gasteiger charge is -2.31. The molecule has 1 fully saturated rings. The van der Waals surface area contributed by atoms with Crippen molar-refractivity contribution in [2.75, 3.05) is 19.7 Å². The fourth-order valence-corrected chi connectivity index (χ4v) is 5.15. The quantitative estimate of drug-likeness (QED) is 0.470. The van der Waals surface area contributed by atoms with Crippen molar-refractivity contribution in [2.45, 2.75) is 56.7 Å². The Morgan fingerprint density at radius 1 is 1.00 bits per heavy atom. The summed E-state index contributed by atoms with van der Waals surface area (Å²) in [5, 5.41) is 12.5. The predicted octanol–water partition coefficient (Wildman–Crippen LogP) is 3.00. The maximum absolute atomic E-state index is 13.4. The van der Waals surface area contributed by atoms with Crippen molar-refractivity contribution >= 4 is 35.4 Å². The van der Waals surface area contributed by atoms with Crippen molar-refractivity contribution in [3.05, 3.63) is 70.8 Å². The number of halogens is 1. The molecule has 4 N–H and O–H groups in total. The first-order valence-corrected chi connectivity index (χ1v) is 13.5. The minimum Gasteiger partial charge on any atom is -0.492 e. The van der Waals surface area contributed by atoms with Gasteiger partial charge in [0.25, 0.3) is 0 Å². The first kappa shape index (κ1) is 27.7. The monoisotopic (exact) mass is 538 g/mol. The first-order chi connectivity index (χ1) is 18.4. The summed E-state index contributed by atoms with van der Waals surface area (Å²) in [6.45, 7) is 2.78. The SMILES string of the molecule is C[C@@H]1NC(=O)C2(CCCC2)NCCOc2ccccc2C=CCNC(=O)[C@H](Cc2cccc(Cl)c2)NC1=O. The van der Waals surface area contributed by atoms with Crippen molar-refractivity contribution in [2.24, 2.45) is 0 Å². The molecule has 4 rings (SSSR count). The fraction of sp³-hybridized carbons (Fsp3) is 0.414. The predicted molar refractivity (Wildman–Crippen MR) is 148 cm³/mol. The molecular formula is C29H35ClN4O4. The van der Waals surface area contributed by atoms with Gasteiger partial charge in [0.05, 0.1) is 5.54 Å². The summed E-state index contributed by atoms with van der Waals surface area (Å²) in [7, 11) is 0. The molecule has 38 heavy (non-hydrogen) atoms. The Hall–Kier alpha value is -3.36. The van der Waals surface area contributed by atoms with E-state index in [9.17, 15) is 14.4 Å². The molecule has 1 heterocycles. The highest BCUT2D eigenvalue weighted by molar-refractivity contribution is 6.30.